The minimum Gasteiger partial charge on any atom is -0.496 e. The van der Waals surface area contributed by atoms with Gasteiger partial charge in [0, 0.05) is 11.1 Å². The van der Waals surface area contributed by atoms with E-state index in [0.29, 0.717) is 5.41 Å². The molecule has 1 heterocycles. The molecule has 0 amide bonds. The summed E-state index contributed by atoms with van der Waals surface area (Å²) >= 11 is 0. The highest BCUT2D eigenvalue weighted by molar-refractivity contribution is 5.62. The van der Waals surface area contributed by atoms with Crippen molar-refractivity contribution in [2.45, 2.75) is 43.9 Å². The Morgan fingerprint density at radius 3 is 2.26 bits per heavy atom. The third-order valence-corrected chi connectivity index (χ3v) is 6.61. The van der Waals surface area contributed by atoms with Crippen LogP contribution in [0.3, 0.4) is 0 Å². The standard InChI is InChI=1S/C21H24O2/c1-22-20-5-4-17(19-3-2-6-23-19)10-18(20)21-11-14-7-15(12-21)9-16(8-14)13-21/h2-6,10,14-16H,7-9,11-13H2,1H3. The predicted molar refractivity (Wildman–Crippen MR) is 90.5 cm³/mol. The van der Waals surface area contributed by atoms with Crippen molar-refractivity contribution >= 4 is 0 Å². The van der Waals surface area contributed by atoms with Crippen LogP contribution in [0.15, 0.2) is 41.0 Å². The van der Waals surface area contributed by atoms with Crippen LogP contribution in [0.5, 0.6) is 5.75 Å². The fraction of sp³-hybridized carbons (Fsp3) is 0.524. The zero-order chi connectivity index (χ0) is 15.4. The lowest BCUT2D eigenvalue weighted by Crippen LogP contribution is -2.48. The van der Waals surface area contributed by atoms with Gasteiger partial charge in [0.25, 0.3) is 0 Å². The second kappa shape index (κ2) is 4.90. The van der Waals surface area contributed by atoms with E-state index in [4.69, 9.17) is 9.15 Å². The maximum absolute atomic E-state index is 5.78. The van der Waals surface area contributed by atoms with Gasteiger partial charge in [-0.2, -0.15) is 0 Å². The highest BCUT2D eigenvalue weighted by Crippen LogP contribution is 2.62. The van der Waals surface area contributed by atoms with E-state index in [2.05, 4.69) is 18.2 Å². The lowest BCUT2D eigenvalue weighted by molar-refractivity contribution is -0.00613. The number of hydrogen-bond acceptors (Lipinski definition) is 2. The maximum atomic E-state index is 5.78. The molecule has 2 aromatic rings. The van der Waals surface area contributed by atoms with Gasteiger partial charge >= 0.3 is 0 Å². The van der Waals surface area contributed by atoms with E-state index in [1.165, 1.54) is 49.7 Å². The molecule has 4 bridgehead atoms. The largest absolute Gasteiger partial charge is 0.496 e. The molecule has 1 aromatic heterocycles. The monoisotopic (exact) mass is 308 g/mol. The minimum absolute atomic E-state index is 0.350. The molecule has 0 spiro atoms. The van der Waals surface area contributed by atoms with Crippen LogP contribution in [0, 0.1) is 17.8 Å². The van der Waals surface area contributed by atoms with Gasteiger partial charge in [-0.05, 0) is 92.0 Å². The number of rotatable bonds is 3. The highest BCUT2D eigenvalue weighted by Gasteiger charge is 2.52. The fourth-order valence-corrected chi connectivity index (χ4v) is 6.16. The van der Waals surface area contributed by atoms with Crippen LogP contribution in [-0.4, -0.2) is 7.11 Å². The van der Waals surface area contributed by atoms with Gasteiger partial charge in [0.05, 0.1) is 13.4 Å². The molecule has 23 heavy (non-hydrogen) atoms. The van der Waals surface area contributed by atoms with Gasteiger partial charge in [-0.1, -0.05) is 0 Å². The fourth-order valence-electron chi connectivity index (χ4n) is 6.16. The average Bonchev–Trinajstić information content (AvgIpc) is 3.07. The van der Waals surface area contributed by atoms with E-state index in [1.54, 1.807) is 6.26 Å². The van der Waals surface area contributed by atoms with Gasteiger partial charge in [0.15, 0.2) is 0 Å². The number of hydrogen-bond donors (Lipinski definition) is 0. The molecule has 4 aliphatic carbocycles. The maximum Gasteiger partial charge on any atom is 0.133 e. The highest BCUT2D eigenvalue weighted by atomic mass is 16.5. The van der Waals surface area contributed by atoms with Crippen LogP contribution in [0.1, 0.15) is 44.1 Å². The van der Waals surface area contributed by atoms with Gasteiger partial charge in [-0.25, -0.2) is 0 Å². The lowest BCUT2D eigenvalue weighted by atomic mass is 9.48. The van der Waals surface area contributed by atoms with Gasteiger partial charge < -0.3 is 9.15 Å². The van der Waals surface area contributed by atoms with Gasteiger partial charge in [0.2, 0.25) is 0 Å². The Morgan fingerprint density at radius 2 is 1.70 bits per heavy atom. The Kier molecular flexibility index (Phi) is 2.92. The van der Waals surface area contributed by atoms with Crippen molar-refractivity contribution in [2.24, 2.45) is 17.8 Å². The molecule has 4 saturated carbocycles. The van der Waals surface area contributed by atoms with Crippen molar-refractivity contribution in [3.8, 4) is 17.1 Å². The minimum atomic E-state index is 0.350. The SMILES string of the molecule is COc1ccc(-c2ccco2)cc1C12CC3CC(CC(C3)C1)C2. The van der Waals surface area contributed by atoms with E-state index >= 15 is 0 Å². The van der Waals surface area contributed by atoms with E-state index in [-0.39, 0.29) is 0 Å². The summed E-state index contributed by atoms with van der Waals surface area (Å²) in [6, 6.07) is 10.6. The molecular formula is C21H24O2. The Morgan fingerprint density at radius 1 is 1.00 bits per heavy atom. The van der Waals surface area contributed by atoms with Gasteiger partial charge in [0.1, 0.15) is 11.5 Å². The molecule has 4 fully saturated rings. The zero-order valence-corrected chi connectivity index (χ0v) is 13.8. The number of furan rings is 1. The summed E-state index contributed by atoms with van der Waals surface area (Å²) in [5.41, 5.74) is 2.97. The molecular weight excluding hydrogens is 284 g/mol. The Balaban J connectivity index is 1.62. The van der Waals surface area contributed by atoms with Crippen LogP contribution in [-0.2, 0) is 5.41 Å². The predicted octanol–water partition coefficient (Wildman–Crippen LogP) is 5.42. The second-order valence-corrected chi connectivity index (χ2v) is 8.09. The molecule has 0 atom stereocenters. The first-order chi connectivity index (χ1) is 11.3. The molecule has 6 rings (SSSR count). The van der Waals surface area contributed by atoms with E-state index in [9.17, 15) is 0 Å². The average molecular weight is 308 g/mol. The molecule has 0 unspecified atom stereocenters. The zero-order valence-electron chi connectivity index (χ0n) is 13.8. The first-order valence-corrected chi connectivity index (χ1v) is 8.98. The van der Waals surface area contributed by atoms with E-state index < -0.39 is 0 Å². The molecule has 0 aliphatic heterocycles. The van der Waals surface area contributed by atoms with Gasteiger partial charge in [-0.15, -0.1) is 0 Å². The molecule has 0 saturated heterocycles. The summed E-state index contributed by atoms with van der Waals surface area (Å²) < 4.78 is 11.4. The Hall–Kier alpha value is -1.70. The summed E-state index contributed by atoms with van der Waals surface area (Å²) in [6.45, 7) is 0. The van der Waals surface area contributed by atoms with Crippen molar-refractivity contribution in [3.63, 3.8) is 0 Å². The summed E-state index contributed by atoms with van der Waals surface area (Å²) in [4.78, 5) is 0. The summed E-state index contributed by atoms with van der Waals surface area (Å²) in [7, 11) is 1.81. The summed E-state index contributed by atoms with van der Waals surface area (Å²) in [6.07, 6.45) is 10.2. The molecule has 120 valence electrons. The number of methoxy groups -OCH3 is 1. The van der Waals surface area contributed by atoms with Crippen LogP contribution < -0.4 is 4.74 Å². The van der Waals surface area contributed by atoms with Crippen LogP contribution in [0.4, 0.5) is 0 Å². The first kappa shape index (κ1) is 13.7. The van der Waals surface area contributed by atoms with Crippen LogP contribution >= 0.6 is 0 Å². The van der Waals surface area contributed by atoms with Crippen molar-refractivity contribution in [1.29, 1.82) is 0 Å². The summed E-state index contributed by atoms with van der Waals surface area (Å²) in [5, 5.41) is 0. The topological polar surface area (TPSA) is 22.4 Å². The normalized spacial score (nSPS) is 34.7. The van der Waals surface area contributed by atoms with Gasteiger partial charge in [-0.3, -0.25) is 0 Å². The van der Waals surface area contributed by atoms with Crippen molar-refractivity contribution in [2.75, 3.05) is 7.11 Å². The third-order valence-electron chi connectivity index (χ3n) is 6.61. The quantitative estimate of drug-likeness (QED) is 0.755. The van der Waals surface area contributed by atoms with Crippen molar-refractivity contribution in [3.05, 3.63) is 42.2 Å². The number of ether oxygens (including phenoxy) is 1. The van der Waals surface area contributed by atoms with E-state index in [0.717, 1.165) is 29.3 Å². The van der Waals surface area contributed by atoms with Crippen molar-refractivity contribution in [1.82, 2.24) is 0 Å². The van der Waals surface area contributed by atoms with Crippen LogP contribution in [0.25, 0.3) is 11.3 Å². The first-order valence-electron chi connectivity index (χ1n) is 8.98. The van der Waals surface area contributed by atoms with E-state index in [1.807, 2.05) is 19.2 Å². The van der Waals surface area contributed by atoms with Crippen molar-refractivity contribution < 1.29 is 9.15 Å². The smallest absolute Gasteiger partial charge is 0.133 e. The third kappa shape index (κ3) is 2.07. The van der Waals surface area contributed by atoms with Crippen LogP contribution in [0.2, 0.25) is 0 Å². The Bertz CT molecular complexity index is 678. The molecule has 1 aromatic carbocycles. The molecule has 0 radical (unpaired) electrons. The second-order valence-electron chi connectivity index (χ2n) is 8.09. The Labute approximate surface area is 137 Å². The molecule has 4 aliphatic rings. The number of benzene rings is 1. The molecule has 2 heteroatoms. The molecule has 2 nitrogen and oxygen atoms in total. The lowest BCUT2D eigenvalue weighted by Gasteiger charge is -2.57. The molecule has 0 N–H and O–H groups in total. The summed E-state index contributed by atoms with van der Waals surface area (Å²) in [5.74, 6) is 4.86.